The smallest absolute Gasteiger partial charge is 0.207 e. The van der Waals surface area contributed by atoms with Crippen LogP contribution in [-0.2, 0) is 4.79 Å². The van der Waals surface area contributed by atoms with Gasteiger partial charge in [0.1, 0.15) is 0 Å². The van der Waals surface area contributed by atoms with E-state index in [1.165, 1.54) is 38.5 Å². The lowest BCUT2D eigenvalue weighted by atomic mass is 9.98. The number of nitrogens with one attached hydrogen (secondary N) is 1. The Morgan fingerprint density at radius 1 is 1.33 bits per heavy atom. The predicted octanol–water partition coefficient (Wildman–Crippen LogP) is 2.09. The van der Waals surface area contributed by atoms with Crippen LogP contribution >= 0.6 is 0 Å². The maximum atomic E-state index is 10.2. The van der Waals surface area contributed by atoms with Crippen molar-refractivity contribution in [3.05, 3.63) is 0 Å². The molecule has 2 nitrogen and oxygen atoms in total. The van der Waals surface area contributed by atoms with Crippen LogP contribution in [-0.4, -0.2) is 12.5 Å². The van der Waals surface area contributed by atoms with E-state index in [0.29, 0.717) is 6.04 Å². The van der Waals surface area contributed by atoms with E-state index in [9.17, 15) is 4.79 Å². The van der Waals surface area contributed by atoms with Gasteiger partial charge in [-0.15, -0.1) is 0 Å². The number of hydrogen-bond donors (Lipinski definition) is 1. The molecule has 0 spiro atoms. The normalized spacial score (nSPS) is 30.8. The molecule has 1 aliphatic carbocycles. The molecule has 0 aromatic rings. The van der Waals surface area contributed by atoms with E-state index in [-0.39, 0.29) is 0 Å². The van der Waals surface area contributed by atoms with Gasteiger partial charge >= 0.3 is 0 Å². The number of carbonyl (C=O) groups is 1. The molecule has 12 heavy (non-hydrogen) atoms. The summed E-state index contributed by atoms with van der Waals surface area (Å²) in [6.45, 7) is 2.26. The molecule has 0 radical (unpaired) electrons. The minimum absolute atomic E-state index is 0.457. The highest BCUT2D eigenvalue weighted by atomic mass is 16.1. The lowest BCUT2D eigenvalue weighted by Crippen LogP contribution is -2.26. The van der Waals surface area contributed by atoms with Crippen LogP contribution in [0.3, 0.4) is 0 Å². The second-order valence-electron chi connectivity index (χ2n) is 3.76. The Bertz CT molecular complexity index is 136. The molecule has 2 heteroatoms. The molecule has 0 aliphatic heterocycles. The number of hydrogen-bond acceptors (Lipinski definition) is 1. The van der Waals surface area contributed by atoms with Gasteiger partial charge in [-0.3, -0.25) is 4.79 Å². The van der Waals surface area contributed by atoms with Gasteiger partial charge in [-0.25, -0.2) is 0 Å². The fourth-order valence-electron chi connectivity index (χ4n) is 2.05. The summed E-state index contributed by atoms with van der Waals surface area (Å²) in [5.41, 5.74) is 0. The molecule has 1 rings (SSSR count). The minimum atomic E-state index is 0.457. The van der Waals surface area contributed by atoms with Crippen LogP contribution in [0.5, 0.6) is 0 Å². The van der Waals surface area contributed by atoms with E-state index in [1.807, 2.05) is 0 Å². The summed E-state index contributed by atoms with van der Waals surface area (Å²) < 4.78 is 0. The molecule has 0 aromatic heterocycles. The molecule has 2 unspecified atom stereocenters. The highest BCUT2D eigenvalue weighted by Gasteiger charge is 2.16. The van der Waals surface area contributed by atoms with Gasteiger partial charge in [0.25, 0.3) is 0 Å². The third kappa shape index (κ3) is 2.84. The molecule has 1 N–H and O–H groups in total. The molecule has 0 heterocycles. The first-order chi connectivity index (χ1) is 5.86. The van der Waals surface area contributed by atoms with E-state index in [2.05, 4.69) is 12.2 Å². The monoisotopic (exact) mass is 169 g/mol. The Morgan fingerprint density at radius 3 is 2.83 bits per heavy atom. The van der Waals surface area contributed by atoms with Crippen molar-refractivity contribution < 1.29 is 4.79 Å². The molecule has 1 amide bonds. The summed E-state index contributed by atoms with van der Waals surface area (Å²) in [6, 6.07) is 0.457. The van der Waals surface area contributed by atoms with Crippen LogP contribution in [0.1, 0.15) is 45.4 Å². The summed E-state index contributed by atoms with van der Waals surface area (Å²) in [5.74, 6) is 0.906. The van der Waals surface area contributed by atoms with Gasteiger partial charge in [0.15, 0.2) is 0 Å². The molecule has 70 valence electrons. The van der Waals surface area contributed by atoms with Gasteiger partial charge in [-0.2, -0.15) is 0 Å². The second kappa shape index (κ2) is 5.18. The number of rotatable bonds is 3. The fraction of sp³-hybridized carbons (Fsp3) is 0.900. The van der Waals surface area contributed by atoms with Crippen LogP contribution in [0.4, 0.5) is 0 Å². The van der Waals surface area contributed by atoms with Crippen molar-refractivity contribution in [1.29, 1.82) is 0 Å². The van der Waals surface area contributed by atoms with Crippen LogP contribution in [0.25, 0.3) is 0 Å². The number of carbonyl (C=O) groups excluding carboxylic acids is 1. The van der Waals surface area contributed by atoms with Gasteiger partial charge in [0.05, 0.1) is 0 Å². The zero-order valence-corrected chi connectivity index (χ0v) is 7.88. The molecule has 0 saturated heterocycles. The van der Waals surface area contributed by atoms with E-state index >= 15 is 0 Å². The average Bonchev–Trinajstić information content (AvgIpc) is 2.31. The Labute approximate surface area is 74.7 Å². The zero-order valence-electron chi connectivity index (χ0n) is 7.88. The Kier molecular flexibility index (Phi) is 4.12. The highest BCUT2D eigenvalue weighted by molar-refractivity contribution is 5.46. The van der Waals surface area contributed by atoms with Crippen molar-refractivity contribution in [2.24, 2.45) is 5.92 Å². The summed E-state index contributed by atoms with van der Waals surface area (Å²) >= 11 is 0. The third-order valence-corrected chi connectivity index (χ3v) is 2.97. The Balaban J connectivity index is 2.28. The molecule has 1 aliphatic rings. The third-order valence-electron chi connectivity index (χ3n) is 2.97. The van der Waals surface area contributed by atoms with Crippen molar-refractivity contribution in [3.63, 3.8) is 0 Å². The first kappa shape index (κ1) is 9.56. The average molecular weight is 169 g/mol. The molecule has 2 atom stereocenters. The van der Waals surface area contributed by atoms with Gasteiger partial charge in [0, 0.05) is 6.04 Å². The summed E-state index contributed by atoms with van der Waals surface area (Å²) in [4.78, 5) is 10.2. The lowest BCUT2D eigenvalue weighted by molar-refractivity contribution is -0.110. The molecule has 0 aromatic carbocycles. The molecule has 1 fully saturated rings. The first-order valence-corrected chi connectivity index (χ1v) is 5.06. The predicted molar refractivity (Wildman–Crippen MR) is 49.9 cm³/mol. The standard InChI is InChI=1S/C10H19NO/c1-2-9-4-3-5-10(7-6-9)11-8-12/h8-10H,2-7H2,1H3,(H,11,12). The van der Waals surface area contributed by atoms with E-state index in [4.69, 9.17) is 0 Å². The maximum absolute atomic E-state index is 10.2. The minimum Gasteiger partial charge on any atom is -0.356 e. The van der Waals surface area contributed by atoms with E-state index < -0.39 is 0 Å². The quantitative estimate of drug-likeness (QED) is 0.508. The van der Waals surface area contributed by atoms with Crippen molar-refractivity contribution in [3.8, 4) is 0 Å². The molecule has 0 bridgehead atoms. The Hall–Kier alpha value is -0.530. The summed E-state index contributed by atoms with van der Waals surface area (Å²) in [5, 5.41) is 2.89. The van der Waals surface area contributed by atoms with Crippen molar-refractivity contribution in [2.45, 2.75) is 51.5 Å². The van der Waals surface area contributed by atoms with Crippen LogP contribution in [0.2, 0.25) is 0 Å². The first-order valence-electron chi connectivity index (χ1n) is 5.06. The van der Waals surface area contributed by atoms with Crippen molar-refractivity contribution >= 4 is 6.41 Å². The molecular weight excluding hydrogens is 150 g/mol. The topological polar surface area (TPSA) is 29.1 Å². The molecular formula is C10H19NO. The van der Waals surface area contributed by atoms with E-state index in [1.54, 1.807) is 0 Å². The highest BCUT2D eigenvalue weighted by Crippen LogP contribution is 2.25. The van der Waals surface area contributed by atoms with Gasteiger partial charge in [-0.1, -0.05) is 26.2 Å². The molecule has 1 saturated carbocycles. The maximum Gasteiger partial charge on any atom is 0.207 e. The van der Waals surface area contributed by atoms with Crippen molar-refractivity contribution in [2.75, 3.05) is 0 Å². The van der Waals surface area contributed by atoms with Gasteiger partial charge in [0.2, 0.25) is 6.41 Å². The second-order valence-corrected chi connectivity index (χ2v) is 3.76. The van der Waals surface area contributed by atoms with Crippen molar-refractivity contribution in [1.82, 2.24) is 5.32 Å². The summed E-state index contributed by atoms with van der Waals surface area (Å²) in [6.07, 6.45) is 8.43. The summed E-state index contributed by atoms with van der Waals surface area (Å²) in [7, 11) is 0. The lowest BCUT2D eigenvalue weighted by Gasteiger charge is -2.12. The van der Waals surface area contributed by atoms with Gasteiger partial charge < -0.3 is 5.32 Å². The van der Waals surface area contributed by atoms with E-state index in [0.717, 1.165) is 12.3 Å². The largest absolute Gasteiger partial charge is 0.356 e. The van der Waals surface area contributed by atoms with Crippen LogP contribution < -0.4 is 5.32 Å². The van der Waals surface area contributed by atoms with Crippen LogP contribution in [0.15, 0.2) is 0 Å². The fourth-order valence-corrected chi connectivity index (χ4v) is 2.05. The Morgan fingerprint density at radius 2 is 2.17 bits per heavy atom. The SMILES string of the molecule is CCC1CCCC(NC=O)CC1. The van der Waals surface area contributed by atoms with Gasteiger partial charge in [-0.05, 0) is 25.2 Å². The number of amides is 1. The zero-order chi connectivity index (χ0) is 8.81. The van der Waals surface area contributed by atoms with Crippen LogP contribution in [0, 0.1) is 5.92 Å².